The Morgan fingerprint density at radius 1 is 1.61 bits per heavy atom. The quantitative estimate of drug-likeness (QED) is 0.876. The third-order valence-electron chi connectivity index (χ3n) is 2.85. The van der Waals surface area contributed by atoms with E-state index in [4.69, 9.17) is 0 Å². The van der Waals surface area contributed by atoms with Gasteiger partial charge in [-0.05, 0) is 13.8 Å². The maximum atomic E-state index is 12.9. The Morgan fingerprint density at radius 3 is 2.83 bits per heavy atom. The zero-order chi connectivity index (χ0) is 13.3. The van der Waals surface area contributed by atoms with Crippen LogP contribution in [0.1, 0.15) is 22.0 Å². The minimum atomic E-state index is -2.78. The van der Waals surface area contributed by atoms with Crippen molar-refractivity contribution in [3.8, 4) is 0 Å². The fraction of sp³-hybridized carbons (Fsp3) is 0.636. The first-order chi connectivity index (χ1) is 8.37. The fourth-order valence-corrected chi connectivity index (χ4v) is 2.81. The van der Waals surface area contributed by atoms with Crippen molar-refractivity contribution in [2.75, 3.05) is 6.54 Å². The van der Waals surface area contributed by atoms with Crippen molar-refractivity contribution in [3.63, 3.8) is 0 Å². The highest BCUT2D eigenvalue weighted by Gasteiger charge is 2.42. The molecule has 0 aliphatic carbocycles. The molecule has 1 aromatic rings. The van der Waals surface area contributed by atoms with Gasteiger partial charge in [0.15, 0.2) is 0 Å². The molecule has 1 aliphatic heterocycles. The zero-order valence-corrected chi connectivity index (χ0v) is 11.0. The van der Waals surface area contributed by atoms with Crippen LogP contribution >= 0.6 is 11.3 Å². The van der Waals surface area contributed by atoms with E-state index in [1.54, 1.807) is 0 Å². The maximum Gasteiger partial charge on any atom is 0.262 e. The van der Waals surface area contributed by atoms with Crippen molar-refractivity contribution < 1.29 is 13.6 Å². The summed E-state index contributed by atoms with van der Waals surface area (Å²) in [5.41, 5.74) is 0.877. The van der Waals surface area contributed by atoms with E-state index in [0.717, 1.165) is 15.6 Å². The monoisotopic (exact) mass is 275 g/mol. The lowest BCUT2D eigenvalue weighted by molar-refractivity contribution is -0.123. The van der Waals surface area contributed by atoms with Gasteiger partial charge in [-0.15, -0.1) is 11.3 Å². The largest absolute Gasteiger partial charge is 0.350 e. The standard InChI is InChI=1S/C11H15F2N3OS/c1-6-9(18-7(2)16-6)4-14-10(17)8-3-11(12,13)5-15-8/h8,15H,3-5H2,1-2H3,(H,14,17). The number of nitrogens with one attached hydrogen (secondary N) is 2. The lowest BCUT2D eigenvalue weighted by Crippen LogP contribution is -2.39. The number of rotatable bonds is 3. The van der Waals surface area contributed by atoms with Crippen LogP contribution in [0.3, 0.4) is 0 Å². The molecule has 100 valence electrons. The zero-order valence-electron chi connectivity index (χ0n) is 10.2. The number of amides is 1. The number of carbonyl (C=O) groups is 1. The molecule has 18 heavy (non-hydrogen) atoms. The Hall–Kier alpha value is -1.08. The summed E-state index contributed by atoms with van der Waals surface area (Å²) < 4.78 is 25.9. The van der Waals surface area contributed by atoms with Gasteiger partial charge in [-0.2, -0.15) is 0 Å². The highest BCUT2D eigenvalue weighted by Crippen LogP contribution is 2.25. The molecule has 2 rings (SSSR count). The lowest BCUT2D eigenvalue weighted by atomic mass is 10.2. The van der Waals surface area contributed by atoms with Crippen LogP contribution in [0.25, 0.3) is 0 Å². The summed E-state index contributed by atoms with van der Waals surface area (Å²) in [7, 11) is 0. The topological polar surface area (TPSA) is 54.0 Å². The van der Waals surface area contributed by atoms with E-state index in [0.29, 0.717) is 6.54 Å². The van der Waals surface area contributed by atoms with Gasteiger partial charge in [-0.3, -0.25) is 10.1 Å². The first-order valence-corrected chi connectivity index (χ1v) is 6.51. The molecule has 1 unspecified atom stereocenters. The van der Waals surface area contributed by atoms with Crippen LogP contribution in [0.4, 0.5) is 8.78 Å². The van der Waals surface area contributed by atoms with E-state index in [2.05, 4.69) is 15.6 Å². The van der Waals surface area contributed by atoms with Crippen LogP contribution in [-0.4, -0.2) is 29.4 Å². The summed E-state index contributed by atoms with van der Waals surface area (Å²) in [5, 5.41) is 6.13. The molecule has 1 amide bonds. The normalized spacial score (nSPS) is 22.1. The average molecular weight is 275 g/mol. The molecule has 0 bridgehead atoms. The summed E-state index contributed by atoms with van der Waals surface area (Å²) in [6.07, 6.45) is -0.431. The third kappa shape index (κ3) is 3.02. The molecule has 4 nitrogen and oxygen atoms in total. The molecule has 1 atom stereocenters. The molecule has 0 radical (unpaired) electrons. The summed E-state index contributed by atoms with van der Waals surface area (Å²) in [4.78, 5) is 16.9. The summed E-state index contributed by atoms with van der Waals surface area (Å²) in [5.74, 6) is -3.16. The highest BCUT2D eigenvalue weighted by atomic mass is 32.1. The van der Waals surface area contributed by atoms with Gasteiger partial charge in [0.1, 0.15) is 0 Å². The molecular weight excluding hydrogens is 260 g/mol. The molecular formula is C11H15F2N3OS. The second kappa shape index (κ2) is 4.89. The molecule has 2 N–H and O–H groups in total. The van der Waals surface area contributed by atoms with Gasteiger partial charge in [-0.1, -0.05) is 0 Å². The van der Waals surface area contributed by atoms with Gasteiger partial charge in [-0.25, -0.2) is 13.8 Å². The lowest BCUT2D eigenvalue weighted by Gasteiger charge is -2.10. The van der Waals surface area contributed by atoms with Crippen LogP contribution in [-0.2, 0) is 11.3 Å². The minimum absolute atomic E-state index is 0.347. The van der Waals surface area contributed by atoms with E-state index in [9.17, 15) is 13.6 Å². The van der Waals surface area contributed by atoms with Crippen LogP contribution in [0, 0.1) is 13.8 Å². The van der Waals surface area contributed by atoms with E-state index in [1.807, 2.05) is 13.8 Å². The molecule has 0 spiro atoms. The number of carbonyl (C=O) groups excluding carboxylic acids is 1. The Balaban J connectivity index is 1.87. The Labute approximate surface area is 108 Å². The van der Waals surface area contributed by atoms with Gasteiger partial charge >= 0.3 is 0 Å². The van der Waals surface area contributed by atoms with Gasteiger partial charge in [0.2, 0.25) is 5.91 Å². The number of hydrogen-bond acceptors (Lipinski definition) is 4. The number of thiazole rings is 1. The highest BCUT2D eigenvalue weighted by molar-refractivity contribution is 7.11. The van der Waals surface area contributed by atoms with E-state index < -0.39 is 24.9 Å². The van der Waals surface area contributed by atoms with Crippen molar-refractivity contribution in [2.24, 2.45) is 0 Å². The summed E-state index contributed by atoms with van der Waals surface area (Å²) in [6, 6.07) is -0.797. The Morgan fingerprint density at radius 2 is 2.33 bits per heavy atom. The van der Waals surface area contributed by atoms with Crippen molar-refractivity contribution in [2.45, 2.75) is 38.8 Å². The summed E-state index contributed by atoms with van der Waals surface area (Å²) in [6.45, 7) is 3.68. The molecule has 0 saturated carbocycles. The van der Waals surface area contributed by atoms with Crippen LogP contribution in [0.15, 0.2) is 0 Å². The predicted octanol–water partition coefficient (Wildman–Crippen LogP) is 1.37. The van der Waals surface area contributed by atoms with E-state index in [1.165, 1.54) is 11.3 Å². The van der Waals surface area contributed by atoms with Crippen LogP contribution in [0.2, 0.25) is 0 Å². The molecule has 0 aromatic carbocycles. The average Bonchev–Trinajstić information content (AvgIpc) is 2.78. The van der Waals surface area contributed by atoms with Gasteiger partial charge in [0, 0.05) is 11.3 Å². The van der Waals surface area contributed by atoms with Gasteiger partial charge in [0.05, 0.1) is 29.8 Å². The smallest absolute Gasteiger partial charge is 0.262 e. The number of aromatic nitrogens is 1. The van der Waals surface area contributed by atoms with Crippen molar-refractivity contribution >= 4 is 17.2 Å². The third-order valence-corrected chi connectivity index (χ3v) is 3.92. The van der Waals surface area contributed by atoms with Crippen molar-refractivity contribution in [1.82, 2.24) is 15.6 Å². The molecule has 1 aliphatic rings. The molecule has 1 saturated heterocycles. The molecule has 2 heterocycles. The van der Waals surface area contributed by atoms with Crippen LogP contribution in [0.5, 0.6) is 0 Å². The first kappa shape index (κ1) is 13.4. The van der Waals surface area contributed by atoms with Gasteiger partial charge in [0.25, 0.3) is 5.92 Å². The SMILES string of the molecule is Cc1nc(C)c(CNC(=O)C2CC(F)(F)CN2)s1. The van der Waals surface area contributed by atoms with Crippen LogP contribution < -0.4 is 10.6 Å². The number of halogens is 2. The maximum absolute atomic E-state index is 12.9. The second-order valence-corrected chi connectivity index (χ2v) is 5.74. The summed E-state index contributed by atoms with van der Waals surface area (Å²) >= 11 is 1.50. The minimum Gasteiger partial charge on any atom is -0.350 e. The van der Waals surface area contributed by atoms with Crippen molar-refractivity contribution in [3.05, 3.63) is 15.6 Å². The van der Waals surface area contributed by atoms with E-state index >= 15 is 0 Å². The molecule has 1 fully saturated rings. The number of alkyl halides is 2. The Kier molecular flexibility index (Phi) is 3.63. The number of hydrogen-bond donors (Lipinski definition) is 2. The van der Waals surface area contributed by atoms with E-state index in [-0.39, 0.29) is 5.91 Å². The number of aryl methyl sites for hydroxylation is 2. The second-order valence-electron chi connectivity index (χ2n) is 4.45. The molecule has 1 aromatic heterocycles. The Bertz CT molecular complexity index is 461. The fourth-order valence-electron chi connectivity index (χ4n) is 1.93. The number of nitrogens with zero attached hydrogens (tertiary/aromatic N) is 1. The first-order valence-electron chi connectivity index (χ1n) is 5.69. The van der Waals surface area contributed by atoms with Gasteiger partial charge < -0.3 is 5.32 Å². The molecule has 7 heteroatoms. The van der Waals surface area contributed by atoms with Crippen molar-refractivity contribution in [1.29, 1.82) is 0 Å². The predicted molar refractivity (Wildman–Crippen MR) is 64.8 cm³/mol.